The highest BCUT2D eigenvalue weighted by atomic mass is 32.2. The van der Waals surface area contributed by atoms with Gasteiger partial charge in [0.25, 0.3) is 0 Å². The number of pyridine rings is 1. The Bertz CT molecular complexity index is 1120. The van der Waals surface area contributed by atoms with Gasteiger partial charge in [-0.15, -0.1) is 0 Å². The number of carbonyl (C=O) groups excluding carboxylic acids is 1. The second-order valence-electron chi connectivity index (χ2n) is 8.21. The Morgan fingerprint density at radius 2 is 2.10 bits per heavy atom. The molecule has 6 nitrogen and oxygen atoms in total. The van der Waals surface area contributed by atoms with Crippen molar-refractivity contribution in [1.82, 2.24) is 9.47 Å². The molecule has 9 heteroatoms. The highest BCUT2D eigenvalue weighted by molar-refractivity contribution is 8.00. The second-order valence-corrected chi connectivity index (χ2v) is 9.38. The largest absolute Gasteiger partial charge is 0.462 e. The number of alkyl halides is 1. The number of fused-ring (bicyclic) bond motifs is 3. The van der Waals surface area contributed by atoms with Crippen molar-refractivity contribution in [3.8, 4) is 0 Å². The molecule has 1 saturated heterocycles. The summed E-state index contributed by atoms with van der Waals surface area (Å²) in [6.45, 7) is 3.36. The van der Waals surface area contributed by atoms with E-state index in [0.29, 0.717) is 22.8 Å². The van der Waals surface area contributed by atoms with Crippen LogP contribution in [0, 0.1) is 5.82 Å². The number of ether oxygens (including phenoxy) is 1. The number of benzene rings is 1. The summed E-state index contributed by atoms with van der Waals surface area (Å²) in [7, 11) is 2.10. The highest BCUT2D eigenvalue weighted by Crippen LogP contribution is 2.48. The number of rotatable bonds is 4. The molecule has 2 aliphatic heterocycles. The maximum absolute atomic E-state index is 15.2. The first-order chi connectivity index (χ1) is 14.4. The fraction of sp³-hybridized carbons (Fsp3) is 0.524. The minimum Gasteiger partial charge on any atom is -0.462 e. The van der Waals surface area contributed by atoms with Crippen molar-refractivity contribution in [3.63, 3.8) is 0 Å². The van der Waals surface area contributed by atoms with Gasteiger partial charge in [0.2, 0.25) is 5.43 Å². The van der Waals surface area contributed by atoms with Crippen LogP contribution in [0.15, 0.2) is 22.0 Å². The van der Waals surface area contributed by atoms with Crippen molar-refractivity contribution >= 4 is 34.3 Å². The Balaban J connectivity index is 1.66. The fourth-order valence-electron chi connectivity index (χ4n) is 4.61. The molecule has 1 aromatic heterocycles. The van der Waals surface area contributed by atoms with Crippen LogP contribution in [-0.4, -0.2) is 60.9 Å². The van der Waals surface area contributed by atoms with Crippen LogP contribution in [0.5, 0.6) is 0 Å². The summed E-state index contributed by atoms with van der Waals surface area (Å²) in [4.78, 5) is 29.8. The summed E-state index contributed by atoms with van der Waals surface area (Å²) in [6.07, 6.45) is 2.18. The lowest BCUT2D eigenvalue weighted by atomic mass is 10.1. The number of anilines is 1. The molecule has 3 heterocycles. The van der Waals surface area contributed by atoms with E-state index in [0.717, 1.165) is 37.7 Å². The van der Waals surface area contributed by atoms with Gasteiger partial charge in [-0.3, -0.25) is 9.69 Å². The van der Waals surface area contributed by atoms with Gasteiger partial charge in [0.05, 0.1) is 22.8 Å². The average molecular weight is 435 g/mol. The number of thioether (sulfide) groups is 1. The van der Waals surface area contributed by atoms with E-state index in [9.17, 15) is 14.0 Å². The van der Waals surface area contributed by atoms with E-state index in [-0.39, 0.29) is 23.1 Å². The molecule has 2 aromatic rings. The van der Waals surface area contributed by atoms with Gasteiger partial charge in [-0.2, -0.15) is 0 Å². The van der Waals surface area contributed by atoms with E-state index in [1.807, 2.05) is 4.90 Å². The van der Waals surface area contributed by atoms with E-state index in [1.54, 1.807) is 17.6 Å². The molecule has 1 aliphatic carbocycles. The first-order valence-corrected chi connectivity index (χ1v) is 11.1. The van der Waals surface area contributed by atoms with E-state index >= 15 is 4.39 Å². The van der Waals surface area contributed by atoms with Crippen LogP contribution in [0.3, 0.4) is 0 Å². The van der Waals surface area contributed by atoms with Gasteiger partial charge in [0.15, 0.2) is 0 Å². The van der Waals surface area contributed by atoms with E-state index in [2.05, 4.69) is 11.9 Å². The molecule has 0 amide bonds. The number of esters is 1. The number of aromatic nitrogens is 1. The molecule has 1 spiro atoms. The molecular formula is C21H23F2N3O3S. The van der Waals surface area contributed by atoms with Crippen molar-refractivity contribution in [2.45, 2.75) is 35.7 Å². The summed E-state index contributed by atoms with van der Waals surface area (Å²) in [5, 5.41) is -0.0721. The minimum absolute atomic E-state index is 0.0806. The zero-order valence-electron chi connectivity index (χ0n) is 16.9. The van der Waals surface area contributed by atoms with Crippen LogP contribution in [0.4, 0.5) is 14.5 Å². The summed E-state index contributed by atoms with van der Waals surface area (Å²) >= 11 is 1.14. The zero-order valence-corrected chi connectivity index (χ0v) is 17.7. The normalized spacial score (nSPS) is 22.1. The zero-order chi connectivity index (χ0) is 21.2. The summed E-state index contributed by atoms with van der Waals surface area (Å²) in [6, 6.07) is 2.84. The smallest absolute Gasteiger partial charge is 0.344 e. The van der Waals surface area contributed by atoms with Crippen molar-refractivity contribution in [1.29, 1.82) is 0 Å². The van der Waals surface area contributed by atoms with Gasteiger partial charge in [0.1, 0.15) is 23.4 Å². The van der Waals surface area contributed by atoms with Gasteiger partial charge in [-0.05, 0) is 38.9 Å². The maximum Gasteiger partial charge on any atom is 0.344 e. The lowest BCUT2D eigenvalue weighted by molar-refractivity contribution is 0.0518. The second kappa shape index (κ2) is 6.95. The van der Waals surface area contributed by atoms with Crippen LogP contribution >= 0.6 is 11.8 Å². The number of piperazine rings is 1. The third-order valence-corrected chi connectivity index (χ3v) is 7.78. The van der Waals surface area contributed by atoms with E-state index < -0.39 is 29.3 Å². The molecule has 5 rings (SSSR count). The van der Waals surface area contributed by atoms with Crippen LogP contribution in [0.2, 0.25) is 0 Å². The van der Waals surface area contributed by atoms with Crippen LogP contribution in [-0.2, 0) is 4.74 Å². The van der Waals surface area contributed by atoms with Crippen LogP contribution in [0.25, 0.3) is 10.9 Å². The maximum atomic E-state index is 15.2. The van der Waals surface area contributed by atoms with Crippen LogP contribution in [0.1, 0.15) is 35.5 Å². The monoisotopic (exact) mass is 435 g/mol. The number of hydrogen-bond donors (Lipinski definition) is 0. The predicted octanol–water partition coefficient (Wildman–Crippen LogP) is 3.18. The number of carbonyl (C=O) groups is 1. The third-order valence-electron chi connectivity index (χ3n) is 6.54. The quantitative estimate of drug-likeness (QED) is 0.688. The van der Waals surface area contributed by atoms with Gasteiger partial charge in [-0.1, -0.05) is 11.8 Å². The van der Waals surface area contributed by atoms with Gasteiger partial charge < -0.3 is 14.2 Å². The summed E-state index contributed by atoms with van der Waals surface area (Å²) in [5.41, 5.74) is 0.288. The minimum atomic E-state index is -0.753. The molecule has 1 atom stereocenters. The molecule has 30 heavy (non-hydrogen) atoms. The topological polar surface area (TPSA) is 54.8 Å². The van der Waals surface area contributed by atoms with Crippen molar-refractivity contribution in [2.24, 2.45) is 0 Å². The molecule has 0 radical (unpaired) electrons. The summed E-state index contributed by atoms with van der Waals surface area (Å²) < 4.78 is 35.4. The van der Waals surface area contributed by atoms with Gasteiger partial charge >= 0.3 is 5.97 Å². The van der Waals surface area contributed by atoms with Crippen molar-refractivity contribution in [2.75, 3.05) is 44.9 Å². The third kappa shape index (κ3) is 2.78. The van der Waals surface area contributed by atoms with E-state index in [4.69, 9.17) is 4.74 Å². The predicted molar refractivity (Wildman–Crippen MR) is 112 cm³/mol. The van der Waals surface area contributed by atoms with Crippen molar-refractivity contribution in [3.05, 3.63) is 33.7 Å². The first kappa shape index (κ1) is 19.8. The molecule has 1 saturated carbocycles. The molecule has 1 aromatic carbocycles. The lowest BCUT2D eigenvalue weighted by Crippen LogP contribution is -2.53. The average Bonchev–Trinajstić information content (AvgIpc) is 3.47. The van der Waals surface area contributed by atoms with Gasteiger partial charge in [-0.25, -0.2) is 13.6 Å². The Morgan fingerprint density at radius 1 is 1.33 bits per heavy atom. The molecule has 0 N–H and O–H groups in total. The number of halogens is 2. The number of hydrogen-bond acceptors (Lipinski definition) is 6. The Hall–Kier alpha value is -2.13. The van der Waals surface area contributed by atoms with E-state index in [1.165, 1.54) is 6.07 Å². The SMILES string of the molecule is CCOC(=O)c1c2n(c3cc(N4CCN(C)C5(CC5)C4)c(F)cc3c1=O)C(CF)S2. The summed E-state index contributed by atoms with van der Waals surface area (Å²) in [5.74, 6) is -1.25. The fourth-order valence-corrected chi connectivity index (χ4v) is 5.72. The standard InChI is InChI=1S/C21H23F2N3O3S/c1-3-29-20(28)17-18(27)12-8-13(23)15(9-14(12)26-16(10-22)30-19(17)26)25-7-6-24(2)21(11-25)4-5-21/h8-9,16H,3-7,10-11H2,1-2H3. The number of nitrogens with zero attached hydrogens (tertiary/aromatic N) is 3. The Morgan fingerprint density at radius 3 is 2.77 bits per heavy atom. The number of likely N-dealkylation sites (N-methyl/N-ethyl adjacent to an activating group) is 1. The van der Waals surface area contributed by atoms with Crippen LogP contribution < -0.4 is 10.3 Å². The Labute approximate surface area is 176 Å². The van der Waals surface area contributed by atoms with Crippen molar-refractivity contribution < 1.29 is 18.3 Å². The van der Waals surface area contributed by atoms with Gasteiger partial charge in [0, 0.05) is 30.6 Å². The Kier molecular flexibility index (Phi) is 4.59. The highest BCUT2D eigenvalue weighted by Gasteiger charge is 2.50. The molecule has 0 bridgehead atoms. The molecular weight excluding hydrogens is 412 g/mol. The lowest BCUT2D eigenvalue weighted by Gasteiger charge is -2.41. The molecule has 1 unspecified atom stereocenters. The first-order valence-electron chi connectivity index (χ1n) is 10.2. The molecule has 3 aliphatic rings. The molecule has 2 fully saturated rings. The molecule has 160 valence electrons.